The molecule has 0 amide bonds. The highest BCUT2D eigenvalue weighted by Gasteiger charge is 2.31. The number of hydrogen-bond acceptors (Lipinski definition) is 7. The lowest BCUT2D eigenvalue weighted by Gasteiger charge is -2.21. The van der Waals surface area contributed by atoms with E-state index in [1.54, 1.807) is 33.1 Å². The van der Waals surface area contributed by atoms with Gasteiger partial charge in [-0.25, -0.2) is 9.97 Å². The Bertz CT molecular complexity index is 1210. The predicted molar refractivity (Wildman–Crippen MR) is 128 cm³/mol. The van der Waals surface area contributed by atoms with E-state index in [0.717, 1.165) is 25.0 Å². The molecule has 0 unspecified atom stereocenters. The monoisotopic (exact) mass is 490 g/mol. The van der Waals surface area contributed by atoms with Crippen molar-refractivity contribution in [1.82, 2.24) is 9.97 Å². The fourth-order valence-corrected chi connectivity index (χ4v) is 3.75. The molecule has 1 aromatic heterocycles. The van der Waals surface area contributed by atoms with Crippen LogP contribution in [0.3, 0.4) is 0 Å². The van der Waals surface area contributed by atoms with Gasteiger partial charge in [0, 0.05) is 17.1 Å². The van der Waals surface area contributed by atoms with Gasteiger partial charge in [0.15, 0.2) is 11.5 Å². The molecule has 7 nitrogen and oxygen atoms in total. The van der Waals surface area contributed by atoms with Crippen molar-refractivity contribution in [2.45, 2.75) is 58.0 Å². The van der Waals surface area contributed by atoms with E-state index < -0.39 is 17.8 Å². The van der Waals surface area contributed by atoms with E-state index in [1.165, 1.54) is 6.07 Å². The Labute approximate surface area is 201 Å². The minimum Gasteiger partial charge on any atom is -0.493 e. The van der Waals surface area contributed by atoms with E-state index in [1.807, 2.05) is 6.92 Å². The molecule has 1 fully saturated rings. The summed E-state index contributed by atoms with van der Waals surface area (Å²) in [6.07, 6.45) is -2.24. The van der Waals surface area contributed by atoms with Gasteiger partial charge in [-0.15, -0.1) is 0 Å². The van der Waals surface area contributed by atoms with Crippen molar-refractivity contribution < 1.29 is 27.4 Å². The number of fused-ring (bicyclic) bond motifs is 1. The Morgan fingerprint density at radius 2 is 1.83 bits per heavy atom. The van der Waals surface area contributed by atoms with Crippen LogP contribution in [0.4, 0.5) is 24.7 Å². The third-order valence-corrected chi connectivity index (χ3v) is 5.67. The summed E-state index contributed by atoms with van der Waals surface area (Å²) in [4.78, 5) is 9.00. The third-order valence-electron chi connectivity index (χ3n) is 5.67. The molecule has 10 heteroatoms. The van der Waals surface area contributed by atoms with Crippen molar-refractivity contribution in [1.29, 1.82) is 0 Å². The molecule has 4 rings (SSSR count). The molecule has 1 aliphatic carbocycles. The summed E-state index contributed by atoms with van der Waals surface area (Å²) in [5.74, 6) is 1.97. The molecule has 0 spiro atoms. The van der Waals surface area contributed by atoms with Gasteiger partial charge in [0.1, 0.15) is 17.7 Å². The summed E-state index contributed by atoms with van der Waals surface area (Å²) in [5.41, 5.74) is 5.99. The minimum absolute atomic E-state index is 0.0371. The number of nitrogens with zero attached hydrogens (tertiary/aromatic N) is 2. The van der Waals surface area contributed by atoms with Gasteiger partial charge in [0.05, 0.1) is 36.9 Å². The first kappa shape index (κ1) is 24.8. The molecule has 1 saturated carbocycles. The van der Waals surface area contributed by atoms with Crippen molar-refractivity contribution >= 4 is 22.4 Å². The average molecular weight is 491 g/mol. The molecule has 2 aromatic carbocycles. The van der Waals surface area contributed by atoms with Gasteiger partial charge < -0.3 is 25.3 Å². The Morgan fingerprint density at radius 3 is 2.49 bits per heavy atom. The number of alkyl halides is 3. The lowest BCUT2D eigenvalue weighted by atomic mass is 10.0. The smallest absolute Gasteiger partial charge is 0.416 e. The normalized spacial score (nSPS) is 15.6. The number of nitrogens with two attached hydrogens (primary N) is 1. The summed E-state index contributed by atoms with van der Waals surface area (Å²) in [6.45, 7) is 5.86. The van der Waals surface area contributed by atoms with Crippen LogP contribution in [-0.2, 0) is 10.9 Å². The van der Waals surface area contributed by atoms with E-state index in [-0.39, 0.29) is 11.8 Å². The topological polar surface area (TPSA) is 91.5 Å². The van der Waals surface area contributed by atoms with Gasteiger partial charge in [0.2, 0.25) is 0 Å². The van der Waals surface area contributed by atoms with E-state index in [4.69, 9.17) is 19.9 Å². The van der Waals surface area contributed by atoms with Crippen LogP contribution in [0.1, 0.15) is 49.7 Å². The van der Waals surface area contributed by atoms with Crippen LogP contribution in [0.25, 0.3) is 10.9 Å². The number of rotatable bonds is 9. The van der Waals surface area contributed by atoms with Gasteiger partial charge in [0.25, 0.3) is 0 Å². The summed E-state index contributed by atoms with van der Waals surface area (Å²) in [5, 5.41) is 3.87. The number of nitrogen functional groups attached to an aromatic ring is 1. The van der Waals surface area contributed by atoms with Crippen LogP contribution in [0.2, 0.25) is 0 Å². The first-order valence-corrected chi connectivity index (χ1v) is 11.4. The molecule has 188 valence electrons. The number of aromatic nitrogens is 2. The van der Waals surface area contributed by atoms with Crippen LogP contribution in [0.15, 0.2) is 30.3 Å². The summed E-state index contributed by atoms with van der Waals surface area (Å²) >= 11 is 0. The molecule has 0 saturated heterocycles. The molecule has 3 aromatic rings. The molecule has 0 aliphatic heterocycles. The van der Waals surface area contributed by atoms with Crippen molar-refractivity contribution in [3.8, 4) is 11.5 Å². The van der Waals surface area contributed by atoms with Gasteiger partial charge in [-0.1, -0.05) is 0 Å². The molecule has 0 bridgehead atoms. The predicted octanol–water partition coefficient (Wildman–Crippen LogP) is 5.67. The van der Waals surface area contributed by atoms with Crippen molar-refractivity contribution in [3.05, 3.63) is 47.3 Å². The van der Waals surface area contributed by atoms with E-state index in [2.05, 4.69) is 15.3 Å². The highest BCUT2D eigenvalue weighted by Crippen LogP contribution is 2.37. The maximum absolute atomic E-state index is 13.3. The van der Waals surface area contributed by atoms with Crippen molar-refractivity contribution in [3.63, 3.8) is 0 Å². The minimum atomic E-state index is -4.50. The van der Waals surface area contributed by atoms with E-state index in [0.29, 0.717) is 52.3 Å². The standard InChI is InChI=1S/C25H29F3N4O3/c1-13(12-34-19-5-6-19)35-23-10-20-21(11-22(23)33-4)31-15(3)32-24(20)30-14(2)16-7-17(25(26,27)28)9-18(29)8-16/h7-11,13-14,19H,5-6,12,29H2,1-4H3,(H,30,31,32)/t13-,14+/m0/s1. The zero-order valence-corrected chi connectivity index (χ0v) is 20.1. The summed E-state index contributed by atoms with van der Waals surface area (Å²) in [7, 11) is 1.55. The fraction of sp³-hybridized carbons (Fsp3) is 0.440. The van der Waals surface area contributed by atoms with Gasteiger partial charge in [-0.3, -0.25) is 0 Å². The largest absolute Gasteiger partial charge is 0.493 e. The Balaban J connectivity index is 1.65. The Kier molecular flexibility index (Phi) is 6.93. The Hall–Kier alpha value is -3.27. The molecule has 1 aliphatic rings. The maximum Gasteiger partial charge on any atom is 0.416 e. The fourth-order valence-electron chi connectivity index (χ4n) is 3.75. The third kappa shape index (κ3) is 6.05. The van der Waals surface area contributed by atoms with Crippen LogP contribution in [0.5, 0.6) is 11.5 Å². The second-order valence-electron chi connectivity index (χ2n) is 8.85. The summed E-state index contributed by atoms with van der Waals surface area (Å²) in [6, 6.07) is 6.54. The van der Waals surface area contributed by atoms with E-state index in [9.17, 15) is 13.2 Å². The quantitative estimate of drug-likeness (QED) is 0.374. The van der Waals surface area contributed by atoms with Crippen molar-refractivity contribution in [2.75, 3.05) is 24.8 Å². The summed E-state index contributed by atoms with van der Waals surface area (Å²) < 4.78 is 57.2. The number of ether oxygens (including phenoxy) is 3. The lowest BCUT2D eigenvalue weighted by Crippen LogP contribution is -2.20. The Morgan fingerprint density at radius 1 is 1.09 bits per heavy atom. The van der Waals surface area contributed by atoms with Crippen LogP contribution < -0.4 is 20.5 Å². The maximum atomic E-state index is 13.3. The first-order valence-electron chi connectivity index (χ1n) is 11.4. The first-order chi connectivity index (χ1) is 16.5. The number of hydrogen-bond donors (Lipinski definition) is 2. The average Bonchev–Trinajstić information content (AvgIpc) is 3.61. The van der Waals surface area contributed by atoms with Crippen LogP contribution in [0, 0.1) is 6.92 Å². The number of halogens is 3. The molecular formula is C25H29F3N4O3. The van der Waals surface area contributed by atoms with Crippen molar-refractivity contribution in [2.24, 2.45) is 0 Å². The van der Waals surface area contributed by atoms with Gasteiger partial charge in [-0.2, -0.15) is 13.2 Å². The zero-order chi connectivity index (χ0) is 25.3. The van der Waals surface area contributed by atoms with E-state index >= 15 is 0 Å². The highest BCUT2D eigenvalue weighted by atomic mass is 19.4. The molecule has 0 radical (unpaired) electrons. The molecular weight excluding hydrogens is 461 g/mol. The second-order valence-corrected chi connectivity index (χ2v) is 8.85. The lowest BCUT2D eigenvalue weighted by molar-refractivity contribution is -0.137. The van der Waals surface area contributed by atoms with Crippen LogP contribution in [-0.4, -0.2) is 35.9 Å². The number of nitrogens with one attached hydrogen (secondary N) is 1. The molecule has 1 heterocycles. The molecule has 35 heavy (non-hydrogen) atoms. The number of anilines is 2. The van der Waals surface area contributed by atoms with Crippen LogP contribution >= 0.6 is 0 Å². The number of methoxy groups -OCH3 is 1. The SMILES string of the molecule is COc1cc2nc(C)nc(N[C@H](C)c3cc(N)cc(C(F)(F)F)c3)c2cc1O[C@@H](C)COC1CC1. The molecule has 2 atom stereocenters. The van der Waals surface area contributed by atoms with Gasteiger partial charge >= 0.3 is 6.18 Å². The molecule has 3 N–H and O–H groups in total. The van der Waals surface area contributed by atoms with Gasteiger partial charge in [-0.05, 0) is 63.4 Å². The zero-order valence-electron chi connectivity index (χ0n) is 20.1. The number of benzene rings is 2. The second kappa shape index (κ2) is 9.77. The highest BCUT2D eigenvalue weighted by molar-refractivity contribution is 5.92. The number of aryl methyl sites for hydroxylation is 1.